The van der Waals surface area contributed by atoms with Gasteiger partial charge < -0.3 is 10.4 Å². The number of piperidine rings is 1. The summed E-state index contributed by atoms with van der Waals surface area (Å²) in [5.41, 5.74) is -0.137. The Balaban J connectivity index is 1.91. The first-order valence-electron chi connectivity index (χ1n) is 7.81. The normalized spacial score (nSPS) is 22.7. The van der Waals surface area contributed by atoms with Crippen LogP contribution in [-0.4, -0.2) is 41.6 Å². The molecule has 2 rings (SSSR count). The van der Waals surface area contributed by atoms with Gasteiger partial charge >= 0.3 is 0 Å². The number of aliphatic hydroxyl groups is 1. The summed E-state index contributed by atoms with van der Waals surface area (Å²) in [5, 5.41) is 17.3. The maximum Gasteiger partial charge on any atom is 0.237 e. The van der Waals surface area contributed by atoms with E-state index in [4.69, 9.17) is 0 Å². The van der Waals surface area contributed by atoms with Crippen LogP contribution in [0.5, 0.6) is 0 Å². The van der Waals surface area contributed by atoms with Crippen LogP contribution in [0.25, 0.3) is 0 Å². The van der Waals surface area contributed by atoms with E-state index in [1.54, 1.807) is 18.3 Å². The Bertz CT molecular complexity index is 443. The highest BCUT2D eigenvalue weighted by molar-refractivity contribution is 7.08. The number of likely N-dealkylation sites (tertiary alicyclic amines) is 1. The Kier molecular flexibility index (Phi) is 5.79. The molecule has 2 N–H and O–H groups in total. The van der Waals surface area contributed by atoms with Gasteiger partial charge in [0.1, 0.15) is 5.60 Å². The molecule has 0 radical (unpaired) electrons. The Morgan fingerprint density at radius 3 is 3.05 bits per heavy atom. The molecule has 5 heteroatoms. The smallest absolute Gasteiger partial charge is 0.237 e. The van der Waals surface area contributed by atoms with Gasteiger partial charge in [-0.3, -0.25) is 9.69 Å². The third-order valence-corrected chi connectivity index (χ3v) is 4.86. The van der Waals surface area contributed by atoms with Crippen molar-refractivity contribution >= 4 is 17.2 Å². The maximum atomic E-state index is 12.4. The number of amides is 1. The Labute approximate surface area is 131 Å². The molecular formula is C16H26N2O2S. The van der Waals surface area contributed by atoms with Gasteiger partial charge in [-0.2, -0.15) is 11.3 Å². The molecule has 1 aromatic heterocycles. The van der Waals surface area contributed by atoms with Gasteiger partial charge in [-0.25, -0.2) is 0 Å². The topological polar surface area (TPSA) is 52.6 Å². The molecular weight excluding hydrogens is 284 g/mol. The van der Waals surface area contributed by atoms with E-state index in [-0.39, 0.29) is 18.5 Å². The zero-order valence-corrected chi connectivity index (χ0v) is 13.8. The number of rotatable bonds is 6. The maximum absolute atomic E-state index is 12.4. The standard InChI is InChI=1S/C16H26N2O2S/c1-3-8-18-9-5-4-6-14(18)15(19)17-12-16(2,20)13-7-10-21-11-13/h7,10-11,14,20H,3-6,8-9,12H2,1-2H3,(H,17,19). The Hall–Kier alpha value is -0.910. The van der Waals surface area contributed by atoms with Gasteiger partial charge in [0, 0.05) is 0 Å². The lowest BCUT2D eigenvalue weighted by Crippen LogP contribution is -2.51. The second kappa shape index (κ2) is 7.38. The van der Waals surface area contributed by atoms with Crippen LogP contribution in [0.4, 0.5) is 0 Å². The highest BCUT2D eigenvalue weighted by Crippen LogP contribution is 2.23. The molecule has 0 aromatic carbocycles. The monoisotopic (exact) mass is 310 g/mol. The number of carbonyl (C=O) groups excluding carboxylic acids is 1. The van der Waals surface area contributed by atoms with Crippen LogP contribution >= 0.6 is 11.3 Å². The summed E-state index contributed by atoms with van der Waals surface area (Å²) in [5.74, 6) is 0.0543. The molecule has 0 aliphatic carbocycles. The van der Waals surface area contributed by atoms with Crippen molar-refractivity contribution in [2.45, 2.75) is 51.2 Å². The number of nitrogens with one attached hydrogen (secondary N) is 1. The van der Waals surface area contributed by atoms with Gasteiger partial charge in [0.15, 0.2) is 0 Å². The molecule has 1 aliphatic heterocycles. The lowest BCUT2D eigenvalue weighted by Gasteiger charge is -2.35. The van der Waals surface area contributed by atoms with Crippen molar-refractivity contribution in [3.05, 3.63) is 22.4 Å². The fourth-order valence-electron chi connectivity index (χ4n) is 2.89. The fraction of sp³-hybridized carbons (Fsp3) is 0.688. The summed E-state index contributed by atoms with van der Waals surface area (Å²) in [6.45, 7) is 6.13. The third-order valence-electron chi connectivity index (χ3n) is 4.18. The number of hydrogen-bond acceptors (Lipinski definition) is 4. The van der Waals surface area contributed by atoms with Crippen molar-refractivity contribution in [2.24, 2.45) is 0 Å². The zero-order chi connectivity index (χ0) is 15.3. The Morgan fingerprint density at radius 2 is 2.38 bits per heavy atom. The van der Waals surface area contributed by atoms with E-state index in [9.17, 15) is 9.90 Å². The molecule has 2 unspecified atom stereocenters. The van der Waals surface area contributed by atoms with Gasteiger partial charge in [-0.15, -0.1) is 0 Å². The predicted molar refractivity (Wildman–Crippen MR) is 86.4 cm³/mol. The highest BCUT2D eigenvalue weighted by Gasteiger charge is 2.30. The van der Waals surface area contributed by atoms with Crippen LogP contribution in [0, 0.1) is 0 Å². The first kappa shape index (κ1) is 16.5. The van der Waals surface area contributed by atoms with Crippen molar-refractivity contribution in [1.29, 1.82) is 0 Å². The molecule has 2 atom stereocenters. The van der Waals surface area contributed by atoms with Crippen molar-refractivity contribution < 1.29 is 9.90 Å². The van der Waals surface area contributed by atoms with E-state index < -0.39 is 5.60 Å². The molecule has 0 saturated carbocycles. The summed E-state index contributed by atoms with van der Waals surface area (Å²) in [4.78, 5) is 14.7. The van der Waals surface area contributed by atoms with E-state index in [2.05, 4.69) is 17.1 Å². The Morgan fingerprint density at radius 1 is 1.57 bits per heavy atom. The van der Waals surface area contributed by atoms with Crippen LogP contribution < -0.4 is 5.32 Å². The molecule has 4 nitrogen and oxygen atoms in total. The molecule has 1 aliphatic rings. The second-order valence-corrected chi connectivity index (χ2v) is 6.83. The van der Waals surface area contributed by atoms with Crippen LogP contribution in [0.3, 0.4) is 0 Å². The van der Waals surface area contributed by atoms with Crippen molar-refractivity contribution in [3.63, 3.8) is 0 Å². The summed E-state index contributed by atoms with van der Waals surface area (Å²) in [6, 6.07) is 1.87. The molecule has 0 bridgehead atoms. The largest absolute Gasteiger partial charge is 0.384 e. The second-order valence-electron chi connectivity index (χ2n) is 6.05. The quantitative estimate of drug-likeness (QED) is 0.848. The fourth-order valence-corrected chi connectivity index (χ4v) is 3.68. The summed E-state index contributed by atoms with van der Waals surface area (Å²) >= 11 is 1.55. The number of carbonyl (C=O) groups is 1. The molecule has 1 saturated heterocycles. The third kappa shape index (κ3) is 4.28. The molecule has 118 valence electrons. The first-order chi connectivity index (χ1) is 10.0. The SMILES string of the molecule is CCCN1CCCCC1C(=O)NCC(C)(O)c1ccsc1. The van der Waals surface area contributed by atoms with E-state index in [1.165, 1.54) is 6.42 Å². The summed E-state index contributed by atoms with van der Waals surface area (Å²) < 4.78 is 0. The van der Waals surface area contributed by atoms with E-state index in [0.717, 1.165) is 37.9 Å². The minimum Gasteiger partial charge on any atom is -0.384 e. The number of thiophene rings is 1. The van der Waals surface area contributed by atoms with Crippen LogP contribution in [0.2, 0.25) is 0 Å². The molecule has 21 heavy (non-hydrogen) atoms. The average molecular weight is 310 g/mol. The first-order valence-corrected chi connectivity index (χ1v) is 8.75. The lowest BCUT2D eigenvalue weighted by atomic mass is 9.98. The zero-order valence-electron chi connectivity index (χ0n) is 13.0. The van der Waals surface area contributed by atoms with Gasteiger partial charge in [0.25, 0.3) is 0 Å². The van der Waals surface area contributed by atoms with E-state index >= 15 is 0 Å². The highest BCUT2D eigenvalue weighted by atomic mass is 32.1. The minimum atomic E-state index is -1.00. The molecule has 1 aromatic rings. The molecule has 0 spiro atoms. The van der Waals surface area contributed by atoms with Crippen LogP contribution in [-0.2, 0) is 10.4 Å². The number of hydrogen-bond donors (Lipinski definition) is 2. The summed E-state index contributed by atoms with van der Waals surface area (Å²) in [7, 11) is 0. The molecule has 2 heterocycles. The molecule has 1 fully saturated rings. The van der Waals surface area contributed by atoms with Crippen molar-refractivity contribution in [2.75, 3.05) is 19.6 Å². The average Bonchev–Trinajstić information content (AvgIpc) is 3.01. The van der Waals surface area contributed by atoms with E-state index in [0.29, 0.717) is 0 Å². The van der Waals surface area contributed by atoms with Gasteiger partial charge in [0.05, 0.1) is 12.6 Å². The van der Waals surface area contributed by atoms with Crippen LogP contribution in [0.15, 0.2) is 16.8 Å². The van der Waals surface area contributed by atoms with Gasteiger partial charge in [-0.05, 0) is 61.7 Å². The molecule has 1 amide bonds. The van der Waals surface area contributed by atoms with Gasteiger partial charge in [0.2, 0.25) is 5.91 Å². The van der Waals surface area contributed by atoms with Crippen molar-refractivity contribution in [1.82, 2.24) is 10.2 Å². The predicted octanol–water partition coefficient (Wildman–Crippen LogP) is 2.34. The summed E-state index contributed by atoms with van der Waals surface area (Å²) in [6.07, 6.45) is 4.28. The lowest BCUT2D eigenvalue weighted by molar-refractivity contribution is -0.128. The van der Waals surface area contributed by atoms with Crippen LogP contribution in [0.1, 0.15) is 45.1 Å². The minimum absolute atomic E-state index is 0.0306. The number of nitrogens with zero attached hydrogens (tertiary/aromatic N) is 1. The van der Waals surface area contributed by atoms with Crippen molar-refractivity contribution in [3.8, 4) is 0 Å². The van der Waals surface area contributed by atoms with Gasteiger partial charge in [-0.1, -0.05) is 13.3 Å². The van der Waals surface area contributed by atoms with E-state index in [1.807, 2.05) is 16.8 Å².